The van der Waals surface area contributed by atoms with Crippen LogP contribution in [-0.4, -0.2) is 24.5 Å². The standard InChI is InChI=1S/C26H36N2/c1-23(2)11-10-12-24(3)17-18-27-19-20-28(21-25-13-6-4-7-14-25)22-26-15-8-5-9-16-26/h4-9,11,13-17,27H,10,12,18-22H2,1-3H3/b24-17+. The Balaban J connectivity index is 1.79. The van der Waals surface area contributed by atoms with E-state index >= 15 is 0 Å². The Morgan fingerprint density at radius 1 is 0.821 bits per heavy atom. The van der Waals surface area contributed by atoms with Gasteiger partial charge in [0.2, 0.25) is 0 Å². The maximum absolute atomic E-state index is 3.58. The van der Waals surface area contributed by atoms with Crippen molar-refractivity contribution in [2.45, 2.75) is 46.7 Å². The molecule has 2 nitrogen and oxygen atoms in total. The maximum atomic E-state index is 3.58. The van der Waals surface area contributed by atoms with Crippen molar-refractivity contribution in [1.29, 1.82) is 0 Å². The summed E-state index contributed by atoms with van der Waals surface area (Å²) in [6, 6.07) is 21.5. The second-order valence-corrected chi connectivity index (χ2v) is 7.76. The Hall–Kier alpha value is -2.16. The molecule has 0 fully saturated rings. The van der Waals surface area contributed by atoms with Crippen molar-refractivity contribution in [3.8, 4) is 0 Å². The van der Waals surface area contributed by atoms with Gasteiger partial charge in [0.05, 0.1) is 0 Å². The highest BCUT2D eigenvalue weighted by Gasteiger charge is 2.06. The minimum absolute atomic E-state index is 0.950. The van der Waals surface area contributed by atoms with E-state index in [-0.39, 0.29) is 0 Å². The number of allylic oxidation sites excluding steroid dienone is 3. The molecule has 0 heterocycles. The highest BCUT2D eigenvalue weighted by Crippen LogP contribution is 2.10. The zero-order valence-electron chi connectivity index (χ0n) is 17.8. The van der Waals surface area contributed by atoms with E-state index < -0.39 is 0 Å². The van der Waals surface area contributed by atoms with Crippen LogP contribution in [-0.2, 0) is 13.1 Å². The summed E-state index contributed by atoms with van der Waals surface area (Å²) >= 11 is 0. The van der Waals surface area contributed by atoms with Crippen LogP contribution in [0.3, 0.4) is 0 Å². The second kappa shape index (κ2) is 13.1. The fourth-order valence-corrected chi connectivity index (χ4v) is 3.17. The molecule has 0 saturated heterocycles. The van der Waals surface area contributed by atoms with Gasteiger partial charge in [-0.1, -0.05) is 84.0 Å². The Morgan fingerprint density at radius 3 is 1.93 bits per heavy atom. The highest BCUT2D eigenvalue weighted by molar-refractivity contribution is 5.17. The molecule has 0 aliphatic heterocycles. The fraction of sp³-hybridized carbons (Fsp3) is 0.385. The average molecular weight is 377 g/mol. The molecule has 2 aromatic carbocycles. The molecule has 0 saturated carbocycles. The van der Waals surface area contributed by atoms with Gasteiger partial charge in [-0.2, -0.15) is 0 Å². The quantitative estimate of drug-likeness (QED) is 0.362. The van der Waals surface area contributed by atoms with Crippen molar-refractivity contribution in [2.24, 2.45) is 0 Å². The summed E-state index contributed by atoms with van der Waals surface area (Å²) < 4.78 is 0. The molecule has 1 N–H and O–H groups in total. The Kier molecular flexibility index (Phi) is 10.3. The third-order valence-electron chi connectivity index (χ3n) is 4.79. The second-order valence-electron chi connectivity index (χ2n) is 7.76. The average Bonchev–Trinajstić information content (AvgIpc) is 2.69. The minimum Gasteiger partial charge on any atom is -0.312 e. The van der Waals surface area contributed by atoms with Gasteiger partial charge in [-0.3, -0.25) is 4.90 Å². The van der Waals surface area contributed by atoms with Crippen LogP contribution in [0.15, 0.2) is 84.0 Å². The zero-order chi connectivity index (χ0) is 20.0. The van der Waals surface area contributed by atoms with Gasteiger partial charge in [0, 0.05) is 32.7 Å². The monoisotopic (exact) mass is 376 g/mol. The third-order valence-corrected chi connectivity index (χ3v) is 4.79. The zero-order valence-corrected chi connectivity index (χ0v) is 17.8. The van der Waals surface area contributed by atoms with E-state index in [1.54, 1.807) is 0 Å². The van der Waals surface area contributed by atoms with E-state index in [1.807, 2.05) is 0 Å². The summed E-state index contributed by atoms with van der Waals surface area (Å²) in [5, 5.41) is 3.58. The Morgan fingerprint density at radius 2 is 1.39 bits per heavy atom. The van der Waals surface area contributed by atoms with E-state index in [4.69, 9.17) is 0 Å². The molecule has 2 rings (SSSR count). The predicted molar refractivity (Wildman–Crippen MR) is 122 cm³/mol. The predicted octanol–water partition coefficient (Wildman–Crippen LogP) is 5.97. The van der Waals surface area contributed by atoms with E-state index in [9.17, 15) is 0 Å². The molecule has 0 radical (unpaired) electrons. The summed E-state index contributed by atoms with van der Waals surface area (Å²) in [5.41, 5.74) is 5.61. The lowest BCUT2D eigenvalue weighted by Crippen LogP contribution is -2.31. The van der Waals surface area contributed by atoms with Gasteiger partial charge in [0.25, 0.3) is 0 Å². The van der Waals surface area contributed by atoms with Gasteiger partial charge < -0.3 is 5.32 Å². The highest BCUT2D eigenvalue weighted by atomic mass is 15.1. The first-order valence-electron chi connectivity index (χ1n) is 10.4. The molecule has 0 atom stereocenters. The summed E-state index contributed by atoms with van der Waals surface area (Å²) in [6.07, 6.45) is 6.95. The molecule has 0 bridgehead atoms. The maximum Gasteiger partial charge on any atom is 0.0237 e. The smallest absolute Gasteiger partial charge is 0.0237 e. The SMILES string of the molecule is CC(C)=CCC/C(C)=C/CNCCN(Cc1ccccc1)Cc1ccccc1. The van der Waals surface area contributed by atoms with Crippen LogP contribution < -0.4 is 5.32 Å². The summed E-state index contributed by atoms with van der Waals surface area (Å²) in [4.78, 5) is 2.52. The van der Waals surface area contributed by atoms with Gasteiger partial charge in [0.15, 0.2) is 0 Å². The van der Waals surface area contributed by atoms with Crippen LogP contribution in [0.25, 0.3) is 0 Å². The van der Waals surface area contributed by atoms with Gasteiger partial charge in [-0.05, 0) is 44.7 Å². The van der Waals surface area contributed by atoms with Gasteiger partial charge in [-0.25, -0.2) is 0 Å². The molecule has 28 heavy (non-hydrogen) atoms. The van der Waals surface area contributed by atoms with Crippen molar-refractivity contribution >= 4 is 0 Å². The number of hydrogen-bond acceptors (Lipinski definition) is 2. The van der Waals surface area contributed by atoms with E-state index in [0.717, 1.165) is 45.6 Å². The lowest BCUT2D eigenvalue weighted by Gasteiger charge is -2.23. The molecule has 150 valence electrons. The van der Waals surface area contributed by atoms with Crippen LogP contribution in [0, 0.1) is 0 Å². The molecule has 0 unspecified atom stereocenters. The first-order chi connectivity index (χ1) is 13.6. The van der Waals surface area contributed by atoms with E-state index in [1.165, 1.54) is 22.3 Å². The molecular formula is C26H36N2. The van der Waals surface area contributed by atoms with Gasteiger partial charge in [0.1, 0.15) is 0 Å². The van der Waals surface area contributed by atoms with E-state index in [0.29, 0.717) is 0 Å². The largest absolute Gasteiger partial charge is 0.312 e. The van der Waals surface area contributed by atoms with Crippen molar-refractivity contribution in [3.05, 3.63) is 95.1 Å². The summed E-state index contributed by atoms with van der Waals surface area (Å²) in [7, 11) is 0. The third kappa shape index (κ3) is 9.68. The number of rotatable bonds is 12. The first-order valence-corrected chi connectivity index (χ1v) is 10.4. The molecular weight excluding hydrogens is 340 g/mol. The van der Waals surface area contributed by atoms with Crippen molar-refractivity contribution in [3.63, 3.8) is 0 Å². The molecule has 0 aliphatic carbocycles. The molecule has 2 aromatic rings. The Labute approximate surface area is 172 Å². The summed E-state index contributed by atoms with van der Waals surface area (Å²) in [5.74, 6) is 0. The molecule has 0 amide bonds. The summed E-state index contributed by atoms with van der Waals surface area (Å²) in [6.45, 7) is 11.5. The number of nitrogens with zero attached hydrogens (tertiary/aromatic N) is 1. The lowest BCUT2D eigenvalue weighted by atomic mass is 10.1. The molecule has 0 aliphatic rings. The van der Waals surface area contributed by atoms with Crippen LogP contribution in [0.5, 0.6) is 0 Å². The molecule has 0 aromatic heterocycles. The molecule has 0 spiro atoms. The van der Waals surface area contributed by atoms with E-state index in [2.05, 4.69) is 104 Å². The van der Waals surface area contributed by atoms with Crippen LogP contribution in [0.2, 0.25) is 0 Å². The van der Waals surface area contributed by atoms with Crippen molar-refractivity contribution in [2.75, 3.05) is 19.6 Å². The fourth-order valence-electron chi connectivity index (χ4n) is 3.17. The normalized spacial score (nSPS) is 11.6. The first kappa shape index (κ1) is 22.1. The van der Waals surface area contributed by atoms with Crippen molar-refractivity contribution in [1.82, 2.24) is 10.2 Å². The van der Waals surface area contributed by atoms with Crippen LogP contribution >= 0.6 is 0 Å². The molecule has 2 heteroatoms. The van der Waals surface area contributed by atoms with Gasteiger partial charge >= 0.3 is 0 Å². The lowest BCUT2D eigenvalue weighted by molar-refractivity contribution is 0.257. The van der Waals surface area contributed by atoms with Gasteiger partial charge in [-0.15, -0.1) is 0 Å². The minimum atomic E-state index is 0.950. The number of nitrogens with one attached hydrogen (secondary N) is 1. The Bertz CT molecular complexity index is 671. The van der Waals surface area contributed by atoms with Crippen LogP contribution in [0.1, 0.15) is 44.7 Å². The number of hydrogen-bond donors (Lipinski definition) is 1. The topological polar surface area (TPSA) is 15.3 Å². The van der Waals surface area contributed by atoms with Crippen LogP contribution in [0.4, 0.5) is 0 Å². The number of benzene rings is 2. The van der Waals surface area contributed by atoms with Crippen molar-refractivity contribution < 1.29 is 0 Å².